The fourth-order valence-electron chi connectivity index (χ4n) is 2.92. The molecule has 2 N–H and O–H groups in total. The lowest BCUT2D eigenvalue weighted by molar-refractivity contribution is -0.141. The van der Waals surface area contributed by atoms with Crippen LogP contribution in [0.5, 0.6) is 0 Å². The summed E-state index contributed by atoms with van der Waals surface area (Å²) >= 11 is 12.2. The van der Waals surface area contributed by atoms with Gasteiger partial charge in [0.1, 0.15) is 5.69 Å². The van der Waals surface area contributed by atoms with E-state index in [2.05, 4.69) is 20.7 Å². The monoisotopic (exact) mass is 485 g/mol. The number of nitrogens with zero attached hydrogens (tertiary/aromatic N) is 3. The molecular weight excluding hydrogens is 470 g/mol. The number of anilines is 1. The lowest BCUT2D eigenvalue weighted by Gasteiger charge is -2.15. The van der Waals surface area contributed by atoms with E-state index in [4.69, 9.17) is 23.2 Å². The fourth-order valence-corrected chi connectivity index (χ4v) is 3.41. The van der Waals surface area contributed by atoms with Crippen molar-refractivity contribution in [1.82, 2.24) is 15.1 Å². The van der Waals surface area contributed by atoms with Gasteiger partial charge in [0.05, 0.1) is 16.3 Å². The van der Waals surface area contributed by atoms with Crippen molar-refractivity contribution in [2.75, 3.05) is 12.4 Å². The van der Waals surface area contributed by atoms with Gasteiger partial charge >= 0.3 is 6.18 Å². The maximum atomic E-state index is 13.4. The SMILES string of the molecule is CNC(=O)c1cc(Cl)cc(C)c1NC(=O)c1cc(C(F)(F)F)nn1C1=C(Cl)CC=CC=N1. The number of aryl methyl sites for hydroxylation is 1. The molecule has 2 heterocycles. The van der Waals surface area contributed by atoms with Gasteiger partial charge in [0.2, 0.25) is 0 Å². The number of carbonyl (C=O) groups excluding carboxylic acids is 2. The molecule has 1 aromatic heterocycles. The maximum absolute atomic E-state index is 13.4. The third-order valence-electron chi connectivity index (χ3n) is 4.40. The van der Waals surface area contributed by atoms with Crippen LogP contribution < -0.4 is 10.6 Å². The molecule has 0 bridgehead atoms. The highest BCUT2D eigenvalue weighted by atomic mass is 35.5. The smallest absolute Gasteiger partial charge is 0.355 e. The highest BCUT2D eigenvalue weighted by Crippen LogP contribution is 2.32. The van der Waals surface area contributed by atoms with Crippen LogP contribution in [0.2, 0.25) is 5.02 Å². The molecule has 1 aromatic carbocycles. The Hall–Kier alpha value is -3.11. The number of rotatable bonds is 4. The maximum Gasteiger partial charge on any atom is 0.435 e. The van der Waals surface area contributed by atoms with Gasteiger partial charge in [-0.15, -0.1) is 0 Å². The van der Waals surface area contributed by atoms with E-state index in [9.17, 15) is 22.8 Å². The highest BCUT2D eigenvalue weighted by molar-refractivity contribution is 6.32. The molecule has 1 aliphatic rings. The van der Waals surface area contributed by atoms with Crippen LogP contribution >= 0.6 is 23.2 Å². The molecule has 2 aromatic rings. The predicted octanol–water partition coefficient (Wildman–Crippen LogP) is 4.87. The second kappa shape index (κ2) is 9.17. The van der Waals surface area contributed by atoms with E-state index in [0.29, 0.717) is 11.6 Å². The van der Waals surface area contributed by atoms with Gasteiger partial charge in [0, 0.05) is 30.8 Å². The van der Waals surface area contributed by atoms with E-state index >= 15 is 0 Å². The molecule has 2 amide bonds. The molecule has 12 heteroatoms. The lowest BCUT2D eigenvalue weighted by atomic mass is 10.1. The molecule has 0 atom stereocenters. The number of nitrogens with one attached hydrogen (secondary N) is 2. The van der Waals surface area contributed by atoms with Crippen molar-refractivity contribution in [2.45, 2.75) is 19.5 Å². The van der Waals surface area contributed by atoms with Crippen LogP contribution in [0.1, 0.15) is 38.5 Å². The average molecular weight is 486 g/mol. The molecule has 0 saturated heterocycles. The Labute approximate surface area is 190 Å². The quantitative estimate of drug-likeness (QED) is 0.647. The first-order valence-corrected chi connectivity index (χ1v) is 9.87. The molecule has 1 aliphatic heterocycles. The number of halogens is 5. The van der Waals surface area contributed by atoms with Crippen LogP contribution in [-0.2, 0) is 6.18 Å². The zero-order valence-corrected chi connectivity index (χ0v) is 18.2. The van der Waals surface area contributed by atoms with Crippen LogP contribution in [0, 0.1) is 6.92 Å². The van der Waals surface area contributed by atoms with Crippen molar-refractivity contribution >= 4 is 52.7 Å². The van der Waals surface area contributed by atoms with E-state index in [1.165, 1.54) is 25.4 Å². The van der Waals surface area contributed by atoms with E-state index in [-0.39, 0.29) is 33.5 Å². The largest absolute Gasteiger partial charge is 0.435 e. The Balaban J connectivity index is 2.12. The summed E-state index contributed by atoms with van der Waals surface area (Å²) in [4.78, 5) is 29.3. The molecule has 32 heavy (non-hydrogen) atoms. The Bertz CT molecular complexity index is 1180. The summed E-state index contributed by atoms with van der Waals surface area (Å²) in [6.07, 6.45) is -0.0798. The number of hydrogen-bond donors (Lipinski definition) is 2. The minimum absolute atomic E-state index is 0.0434. The van der Waals surface area contributed by atoms with Gasteiger partial charge in [0.25, 0.3) is 11.8 Å². The Morgan fingerprint density at radius 2 is 1.88 bits per heavy atom. The highest BCUT2D eigenvalue weighted by Gasteiger charge is 2.37. The molecule has 0 radical (unpaired) electrons. The van der Waals surface area contributed by atoms with E-state index in [0.717, 1.165) is 4.68 Å². The molecule has 0 unspecified atom stereocenters. The first-order chi connectivity index (χ1) is 15.0. The van der Waals surface area contributed by atoms with Crippen LogP contribution in [-0.4, -0.2) is 34.9 Å². The lowest BCUT2D eigenvalue weighted by Crippen LogP contribution is -2.23. The molecule has 168 valence electrons. The van der Waals surface area contributed by atoms with Crippen LogP contribution in [0.15, 0.2) is 40.4 Å². The minimum atomic E-state index is -4.82. The van der Waals surface area contributed by atoms with Gasteiger partial charge in [-0.2, -0.15) is 18.3 Å². The third kappa shape index (κ3) is 4.86. The summed E-state index contributed by atoms with van der Waals surface area (Å²) in [5.74, 6) is -1.62. The molecular formula is C20H16Cl2F3N5O2. The first kappa shape index (κ1) is 23.6. The molecule has 0 saturated carbocycles. The fraction of sp³-hybridized carbons (Fsp3) is 0.200. The summed E-state index contributed by atoms with van der Waals surface area (Å²) in [5.41, 5.74) is -1.21. The summed E-state index contributed by atoms with van der Waals surface area (Å²) in [5, 5.41) is 8.77. The Morgan fingerprint density at radius 1 is 1.16 bits per heavy atom. The zero-order valence-electron chi connectivity index (χ0n) is 16.7. The van der Waals surface area contributed by atoms with Crippen molar-refractivity contribution in [3.05, 3.63) is 62.9 Å². The van der Waals surface area contributed by atoms with Crippen LogP contribution in [0.3, 0.4) is 0 Å². The molecule has 3 rings (SSSR count). The number of aromatic nitrogens is 2. The van der Waals surface area contributed by atoms with Crippen molar-refractivity contribution in [3.63, 3.8) is 0 Å². The summed E-state index contributed by atoms with van der Waals surface area (Å²) < 4.78 is 40.8. The number of amides is 2. The first-order valence-electron chi connectivity index (χ1n) is 9.12. The topological polar surface area (TPSA) is 88.4 Å². The predicted molar refractivity (Wildman–Crippen MR) is 116 cm³/mol. The van der Waals surface area contributed by atoms with Crippen LogP contribution in [0.4, 0.5) is 18.9 Å². The molecule has 0 fully saturated rings. The Morgan fingerprint density at radius 3 is 2.53 bits per heavy atom. The molecule has 0 aliphatic carbocycles. The summed E-state index contributed by atoms with van der Waals surface area (Å²) in [6.45, 7) is 1.59. The normalized spacial score (nSPS) is 13.8. The van der Waals surface area contributed by atoms with E-state index in [1.807, 2.05) is 0 Å². The van der Waals surface area contributed by atoms with Gasteiger partial charge < -0.3 is 10.6 Å². The number of hydrogen-bond acceptors (Lipinski definition) is 4. The van der Waals surface area contributed by atoms with Gasteiger partial charge in [-0.1, -0.05) is 29.3 Å². The number of alkyl halides is 3. The van der Waals surface area contributed by atoms with Gasteiger partial charge in [-0.3, -0.25) is 9.59 Å². The second-order valence-electron chi connectivity index (χ2n) is 6.64. The number of allylic oxidation sites excluding steroid dienone is 3. The van der Waals surface area contributed by atoms with E-state index < -0.39 is 29.4 Å². The standard InChI is InChI=1S/C20H16Cl2F3N5O2/c1-10-7-11(21)8-12(18(31)26-2)16(10)28-19(32)14-9-15(20(23,24)25)29-30(14)17-13(22)5-3-4-6-27-17/h3-4,6-9H,5H2,1-2H3,(H,26,31)(H,28,32). The number of aliphatic imine (C=N–C) groups is 1. The minimum Gasteiger partial charge on any atom is -0.355 e. The van der Waals surface area contributed by atoms with Gasteiger partial charge in [0.15, 0.2) is 11.5 Å². The Kier molecular flexibility index (Phi) is 6.75. The number of benzene rings is 1. The third-order valence-corrected chi connectivity index (χ3v) is 4.94. The average Bonchev–Trinajstić information content (AvgIpc) is 3.06. The van der Waals surface area contributed by atoms with Gasteiger partial charge in [-0.25, -0.2) is 9.67 Å². The molecule has 0 spiro atoms. The van der Waals surface area contributed by atoms with Crippen LogP contribution in [0.25, 0.3) is 5.82 Å². The summed E-state index contributed by atoms with van der Waals surface area (Å²) in [7, 11) is 1.39. The number of carbonyl (C=O) groups is 2. The zero-order chi connectivity index (χ0) is 23.6. The van der Waals surface area contributed by atoms with Crippen molar-refractivity contribution in [1.29, 1.82) is 0 Å². The second-order valence-corrected chi connectivity index (χ2v) is 7.53. The van der Waals surface area contributed by atoms with Crippen molar-refractivity contribution in [3.8, 4) is 0 Å². The van der Waals surface area contributed by atoms with Crippen molar-refractivity contribution in [2.24, 2.45) is 4.99 Å². The summed E-state index contributed by atoms with van der Waals surface area (Å²) in [6, 6.07) is 3.43. The van der Waals surface area contributed by atoms with Crippen molar-refractivity contribution < 1.29 is 22.8 Å². The molecule has 7 nitrogen and oxygen atoms in total. The van der Waals surface area contributed by atoms with Gasteiger partial charge in [-0.05, 0) is 30.7 Å². The van der Waals surface area contributed by atoms with E-state index in [1.54, 1.807) is 19.1 Å².